The second-order valence-corrected chi connectivity index (χ2v) is 13.1. The zero-order chi connectivity index (χ0) is 29.1. The maximum Gasteiger partial charge on any atom is 0.308 e. The van der Waals surface area contributed by atoms with Crippen molar-refractivity contribution < 1.29 is 43.0 Å². The van der Waals surface area contributed by atoms with Crippen molar-refractivity contribution in [2.45, 2.75) is 89.8 Å². The van der Waals surface area contributed by atoms with Crippen molar-refractivity contribution in [1.29, 1.82) is 0 Å². The van der Waals surface area contributed by atoms with Crippen LogP contribution in [0.15, 0.2) is 18.2 Å². The fourth-order valence-electron chi connectivity index (χ4n) is 8.02. The number of carbonyl (C=O) groups is 2. The Morgan fingerprint density at radius 2 is 1.79 bits per heavy atom. The lowest BCUT2D eigenvalue weighted by Crippen LogP contribution is -2.70. The summed E-state index contributed by atoms with van der Waals surface area (Å²) in [6.45, 7) is 10.0. The first-order valence-electron chi connectivity index (χ1n) is 15.5. The first-order valence-corrected chi connectivity index (χ1v) is 15.5. The Bertz CT molecular complexity index is 1200. The van der Waals surface area contributed by atoms with Crippen LogP contribution >= 0.6 is 0 Å². The molecule has 8 atom stereocenters. The minimum absolute atomic E-state index is 0.0150. The minimum Gasteiger partial charge on any atom is -0.454 e. The summed E-state index contributed by atoms with van der Waals surface area (Å²) >= 11 is 0. The van der Waals surface area contributed by atoms with E-state index in [4.69, 9.17) is 33.5 Å². The van der Waals surface area contributed by atoms with Crippen LogP contribution in [0.4, 0.5) is 0 Å². The monoisotopic (exact) mass is 586 g/mol. The molecule has 7 aliphatic rings. The highest BCUT2D eigenvalue weighted by molar-refractivity contribution is 5.81. The standard InChI is InChI=1S/C31H42N2O9/c1-19-4-6-23-20(2)28(39-29-31(23)22(19)10-11-30(3,40-29)41-42-31)38-27(35)9-8-26(34)33-14-12-32(13-15-33)17-21-5-7-24-25(16-21)37-18-36-24/h5,7,16,19-20,22-23,28-29H,4,6,8-15,17-18H2,1-3H3/t19-,20-,22-,23-,28-,29-,30+,31-/m1/s1. The average Bonchev–Trinajstić information content (AvgIpc) is 3.33. The summed E-state index contributed by atoms with van der Waals surface area (Å²) in [5.74, 6) is 0.913. The Hall–Kier alpha value is -2.44. The fraction of sp³-hybridized carbons (Fsp3) is 0.742. The van der Waals surface area contributed by atoms with Crippen molar-refractivity contribution in [3.63, 3.8) is 0 Å². The van der Waals surface area contributed by atoms with Crippen LogP contribution in [-0.4, -0.2) is 78.6 Å². The highest BCUT2D eigenvalue weighted by atomic mass is 17.3. The van der Waals surface area contributed by atoms with Gasteiger partial charge in [-0.2, -0.15) is 0 Å². The molecule has 6 heterocycles. The molecule has 1 aromatic rings. The van der Waals surface area contributed by atoms with Crippen molar-refractivity contribution >= 4 is 11.9 Å². The lowest BCUT2D eigenvalue weighted by molar-refractivity contribution is -0.576. The smallest absolute Gasteiger partial charge is 0.308 e. The SMILES string of the molecule is C[C@H]1[C@H](OC(=O)CCC(=O)N2CCN(Cc3ccc4c(c3)OCO4)CC2)O[C@@H]2O[C@]3(C)CC[C@@H]4[C@H](C)CC[C@H]1[C@@]24OO3. The summed E-state index contributed by atoms with van der Waals surface area (Å²) in [6, 6.07) is 6.01. The van der Waals surface area contributed by atoms with Crippen LogP contribution < -0.4 is 9.47 Å². The van der Waals surface area contributed by atoms with Gasteiger partial charge in [0.05, 0.1) is 6.42 Å². The van der Waals surface area contributed by atoms with E-state index in [1.807, 2.05) is 30.0 Å². The summed E-state index contributed by atoms with van der Waals surface area (Å²) in [5.41, 5.74) is 0.456. The van der Waals surface area contributed by atoms with E-state index >= 15 is 0 Å². The molecule has 11 heteroatoms. The molecule has 1 spiro atoms. The zero-order valence-electron chi connectivity index (χ0n) is 24.8. The van der Waals surface area contributed by atoms with E-state index in [0.29, 0.717) is 19.0 Å². The Morgan fingerprint density at radius 1 is 0.976 bits per heavy atom. The maximum absolute atomic E-state index is 13.0. The normalized spacial score (nSPS) is 39.0. The molecule has 0 radical (unpaired) electrons. The van der Waals surface area contributed by atoms with Crippen LogP contribution in [-0.2, 0) is 40.1 Å². The third-order valence-electron chi connectivity index (χ3n) is 10.5. The number of nitrogens with zero attached hydrogens (tertiary/aromatic N) is 2. The fourth-order valence-corrected chi connectivity index (χ4v) is 8.02. The first-order chi connectivity index (χ1) is 20.2. The number of rotatable bonds is 6. The van der Waals surface area contributed by atoms with E-state index in [1.54, 1.807) is 0 Å². The Labute approximate surface area is 246 Å². The molecule has 0 unspecified atom stereocenters. The number of hydrogen-bond acceptors (Lipinski definition) is 10. The molecule has 42 heavy (non-hydrogen) atoms. The van der Waals surface area contributed by atoms with E-state index in [2.05, 4.69) is 18.7 Å². The molecule has 8 rings (SSSR count). The van der Waals surface area contributed by atoms with Gasteiger partial charge in [0.2, 0.25) is 24.8 Å². The molecule has 1 aromatic carbocycles. The Balaban J connectivity index is 0.904. The van der Waals surface area contributed by atoms with Gasteiger partial charge in [-0.3, -0.25) is 14.5 Å². The minimum atomic E-state index is -0.881. The van der Waals surface area contributed by atoms with E-state index in [0.717, 1.165) is 62.4 Å². The number of fused-ring (bicyclic) bond motifs is 3. The van der Waals surface area contributed by atoms with E-state index in [-0.39, 0.29) is 43.3 Å². The first kappa shape index (κ1) is 28.3. The van der Waals surface area contributed by atoms with Crippen LogP contribution in [0.5, 0.6) is 11.5 Å². The number of amides is 1. The largest absolute Gasteiger partial charge is 0.454 e. The van der Waals surface area contributed by atoms with Crippen molar-refractivity contribution in [3.05, 3.63) is 23.8 Å². The van der Waals surface area contributed by atoms with Gasteiger partial charge in [-0.25, -0.2) is 9.78 Å². The van der Waals surface area contributed by atoms with Gasteiger partial charge in [-0.15, -0.1) is 0 Å². The molecule has 1 saturated carbocycles. The maximum atomic E-state index is 13.0. The van der Waals surface area contributed by atoms with Crippen molar-refractivity contribution in [2.24, 2.45) is 23.7 Å². The average molecular weight is 587 g/mol. The number of benzene rings is 1. The third-order valence-corrected chi connectivity index (χ3v) is 10.5. The summed E-state index contributed by atoms with van der Waals surface area (Å²) in [4.78, 5) is 42.1. The number of carbonyl (C=O) groups excluding carboxylic acids is 2. The van der Waals surface area contributed by atoms with Crippen LogP contribution in [0.2, 0.25) is 0 Å². The molecule has 6 aliphatic heterocycles. The second-order valence-electron chi connectivity index (χ2n) is 13.1. The zero-order valence-corrected chi connectivity index (χ0v) is 24.8. The van der Waals surface area contributed by atoms with Crippen LogP contribution in [0.25, 0.3) is 0 Å². The van der Waals surface area contributed by atoms with Gasteiger partial charge < -0.3 is 28.6 Å². The summed E-state index contributed by atoms with van der Waals surface area (Å²) < 4.78 is 29.4. The van der Waals surface area contributed by atoms with Crippen LogP contribution in [0, 0.1) is 23.7 Å². The lowest BCUT2D eigenvalue weighted by Gasteiger charge is -2.59. The highest BCUT2D eigenvalue weighted by Gasteiger charge is 2.69. The molecule has 11 nitrogen and oxygen atoms in total. The van der Waals surface area contributed by atoms with Crippen LogP contribution in [0.3, 0.4) is 0 Å². The second kappa shape index (κ2) is 10.9. The van der Waals surface area contributed by atoms with Gasteiger partial charge in [0.25, 0.3) is 0 Å². The predicted molar refractivity (Wildman–Crippen MR) is 147 cm³/mol. The quantitative estimate of drug-likeness (QED) is 0.363. The Morgan fingerprint density at radius 3 is 2.62 bits per heavy atom. The van der Waals surface area contributed by atoms with Crippen LogP contribution in [0.1, 0.15) is 64.9 Å². The molecule has 2 bridgehead atoms. The van der Waals surface area contributed by atoms with Gasteiger partial charge in [-0.1, -0.05) is 19.9 Å². The summed E-state index contributed by atoms with van der Waals surface area (Å²) in [7, 11) is 0. The molecule has 0 N–H and O–H groups in total. The summed E-state index contributed by atoms with van der Waals surface area (Å²) in [5, 5.41) is 0. The van der Waals surface area contributed by atoms with Crippen molar-refractivity contribution in [3.8, 4) is 11.5 Å². The highest BCUT2D eigenvalue weighted by Crippen LogP contribution is 2.60. The molecule has 6 fully saturated rings. The van der Waals surface area contributed by atoms with E-state index < -0.39 is 29.9 Å². The molecule has 230 valence electrons. The van der Waals surface area contributed by atoms with Gasteiger partial charge in [0, 0.05) is 57.4 Å². The molecular weight excluding hydrogens is 544 g/mol. The topological polar surface area (TPSA) is 105 Å². The van der Waals surface area contributed by atoms with Gasteiger partial charge in [0.15, 0.2) is 23.4 Å². The number of esters is 1. The Kier molecular flexibility index (Phi) is 7.37. The van der Waals surface area contributed by atoms with Gasteiger partial charge in [-0.05, 0) is 55.7 Å². The lowest BCUT2D eigenvalue weighted by atomic mass is 9.58. The van der Waals surface area contributed by atoms with E-state index in [1.165, 1.54) is 0 Å². The van der Waals surface area contributed by atoms with Gasteiger partial charge in [0.1, 0.15) is 0 Å². The summed E-state index contributed by atoms with van der Waals surface area (Å²) in [6.07, 6.45) is 2.38. The number of hydrogen-bond donors (Lipinski definition) is 0. The number of piperazine rings is 1. The predicted octanol–water partition coefficient (Wildman–Crippen LogP) is 3.59. The molecule has 1 amide bonds. The van der Waals surface area contributed by atoms with Crippen molar-refractivity contribution in [2.75, 3.05) is 33.0 Å². The molecular formula is C31H42N2O9. The molecule has 0 aromatic heterocycles. The molecule has 1 aliphatic carbocycles. The number of ether oxygens (including phenoxy) is 5. The van der Waals surface area contributed by atoms with E-state index in [9.17, 15) is 9.59 Å². The van der Waals surface area contributed by atoms with Crippen molar-refractivity contribution in [1.82, 2.24) is 9.80 Å². The van der Waals surface area contributed by atoms with Gasteiger partial charge >= 0.3 is 5.97 Å². The molecule has 5 saturated heterocycles. The third kappa shape index (κ3) is 4.96.